The van der Waals surface area contributed by atoms with Crippen molar-refractivity contribution >= 4 is 16.7 Å². The minimum absolute atomic E-state index is 0.0489. The molecular weight excluding hydrogens is 274 g/mol. The van der Waals surface area contributed by atoms with E-state index >= 15 is 0 Å². The normalized spacial score (nSPS) is 15.0. The summed E-state index contributed by atoms with van der Waals surface area (Å²) in [5, 5.41) is 20.4. The van der Waals surface area contributed by atoms with E-state index < -0.39 is 0 Å². The number of nitrogens with one attached hydrogen (secondary N) is 1. The molecule has 5 nitrogen and oxygen atoms in total. The van der Waals surface area contributed by atoms with Crippen molar-refractivity contribution in [2.75, 3.05) is 5.32 Å². The van der Waals surface area contributed by atoms with E-state index in [2.05, 4.69) is 14.9 Å². The quantitative estimate of drug-likeness (QED) is 0.870. The van der Waals surface area contributed by atoms with E-state index in [4.69, 9.17) is 10.5 Å². The molecule has 1 heterocycles. The predicted molar refractivity (Wildman–Crippen MR) is 84.8 cm³/mol. The first-order valence-corrected chi connectivity index (χ1v) is 7.55. The molecule has 22 heavy (non-hydrogen) atoms. The van der Waals surface area contributed by atoms with Crippen LogP contribution >= 0.6 is 0 Å². The van der Waals surface area contributed by atoms with Crippen molar-refractivity contribution < 1.29 is 0 Å². The molecule has 1 aliphatic carbocycles. The molecule has 110 valence electrons. The molecule has 0 unspecified atom stereocenters. The first-order chi connectivity index (χ1) is 10.8. The molecule has 0 bridgehead atoms. The summed E-state index contributed by atoms with van der Waals surface area (Å²) in [6.07, 6.45) is 9.71. The van der Waals surface area contributed by atoms with Gasteiger partial charge in [0.25, 0.3) is 0 Å². The van der Waals surface area contributed by atoms with Gasteiger partial charge in [0.2, 0.25) is 0 Å². The fourth-order valence-corrected chi connectivity index (χ4v) is 3.02. The maximum Gasteiger partial charge on any atom is 0.145 e. The monoisotopic (exact) mass is 291 g/mol. The molecule has 2 aromatic rings. The van der Waals surface area contributed by atoms with E-state index in [1.165, 1.54) is 38.3 Å². The Morgan fingerprint density at radius 2 is 2.00 bits per heavy atom. The number of hydrogen-bond donors (Lipinski definition) is 1. The third-order valence-corrected chi connectivity index (χ3v) is 4.17. The molecule has 1 aromatic heterocycles. The standard InChI is InChI=1S/C17H17N5/c18-9-13(10-19)11-20-14-6-7-17-16(8-14)21-12-22(17)15-4-2-1-3-5-15/h6-8,11-12,15,20H,1-5H2. The summed E-state index contributed by atoms with van der Waals surface area (Å²) in [6.45, 7) is 0. The second-order valence-electron chi connectivity index (χ2n) is 5.57. The van der Waals surface area contributed by atoms with Crippen LogP contribution in [0.1, 0.15) is 38.1 Å². The van der Waals surface area contributed by atoms with Crippen molar-refractivity contribution in [3.05, 3.63) is 36.3 Å². The Hall–Kier alpha value is -2.79. The number of aromatic nitrogens is 2. The molecule has 1 aliphatic rings. The van der Waals surface area contributed by atoms with Crippen molar-refractivity contribution in [1.82, 2.24) is 9.55 Å². The number of hydrogen-bond acceptors (Lipinski definition) is 4. The van der Waals surface area contributed by atoms with Crippen LogP contribution in [0.2, 0.25) is 0 Å². The fourth-order valence-electron chi connectivity index (χ4n) is 3.02. The van der Waals surface area contributed by atoms with Crippen LogP contribution in [-0.2, 0) is 0 Å². The summed E-state index contributed by atoms with van der Waals surface area (Å²) in [5.41, 5.74) is 2.94. The molecule has 0 radical (unpaired) electrons. The highest BCUT2D eigenvalue weighted by molar-refractivity contribution is 5.80. The van der Waals surface area contributed by atoms with Gasteiger partial charge in [-0.15, -0.1) is 0 Å². The molecular formula is C17H17N5. The van der Waals surface area contributed by atoms with Gasteiger partial charge in [0.1, 0.15) is 17.7 Å². The minimum Gasteiger partial charge on any atom is -0.360 e. The number of nitrogens with zero attached hydrogens (tertiary/aromatic N) is 4. The molecule has 0 saturated heterocycles. The third kappa shape index (κ3) is 2.80. The topological polar surface area (TPSA) is 77.4 Å². The Balaban J connectivity index is 1.85. The number of benzene rings is 1. The van der Waals surface area contributed by atoms with Gasteiger partial charge in [-0.05, 0) is 31.0 Å². The third-order valence-electron chi connectivity index (χ3n) is 4.17. The van der Waals surface area contributed by atoms with Crippen molar-refractivity contribution in [1.29, 1.82) is 10.5 Å². The highest BCUT2D eigenvalue weighted by Gasteiger charge is 2.17. The average molecular weight is 291 g/mol. The molecule has 5 heteroatoms. The molecule has 0 atom stereocenters. The molecule has 3 rings (SSSR count). The van der Waals surface area contributed by atoms with Crippen LogP contribution in [-0.4, -0.2) is 9.55 Å². The van der Waals surface area contributed by atoms with Crippen LogP contribution in [0.3, 0.4) is 0 Å². The number of nitriles is 2. The van der Waals surface area contributed by atoms with E-state index in [0.717, 1.165) is 16.7 Å². The average Bonchev–Trinajstić information content (AvgIpc) is 3.00. The van der Waals surface area contributed by atoms with E-state index in [9.17, 15) is 0 Å². The minimum atomic E-state index is 0.0489. The molecule has 0 aliphatic heterocycles. The second-order valence-corrected chi connectivity index (χ2v) is 5.57. The van der Waals surface area contributed by atoms with Gasteiger partial charge in [-0.1, -0.05) is 19.3 Å². The van der Waals surface area contributed by atoms with Gasteiger partial charge < -0.3 is 9.88 Å². The highest BCUT2D eigenvalue weighted by atomic mass is 15.1. The first-order valence-electron chi connectivity index (χ1n) is 7.55. The molecule has 0 amide bonds. The second kappa shape index (κ2) is 6.32. The van der Waals surface area contributed by atoms with Crippen molar-refractivity contribution in [3.63, 3.8) is 0 Å². The molecule has 1 fully saturated rings. The Labute approximate surface area is 129 Å². The van der Waals surface area contributed by atoms with Crippen LogP contribution in [0, 0.1) is 22.7 Å². The Kier molecular flexibility index (Phi) is 4.07. The maximum absolute atomic E-state index is 8.73. The lowest BCUT2D eigenvalue weighted by atomic mass is 9.95. The maximum atomic E-state index is 8.73. The van der Waals surface area contributed by atoms with E-state index in [1.54, 1.807) is 0 Å². The van der Waals surface area contributed by atoms with Gasteiger partial charge in [-0.3, -0.25) is 0 Å². The van der Waals surface area contributed by atoms with E-state index in [-0.39, 0.29) is 5.57 Å². The molecule has 1 N–H and O–H groups in total. The summed E-state index contributed by atoms with van der Waals surface area (Å²) in [7, 11) is 0. The summed E-state index contributed by atoms with van der Waals surface area (Å²) >= 11 is 0. The zero-order valence-corrected chi connectivity index (χ0v) is 12.3. The fraction of sp³-hybridized carbons (Fsp3) is 0.353. The van der Waals surface area contributed by atoms with Crippen LogP contribution < -0.4 is 5.32 Å². The number of imidazole rings is 1. The number of anilines is 1. The van der Waals surface area contributed by atoms with Crippen molar-refractivity contribution in [2.24, 2.45) is 0 Å². The Morgan fingerprint density at radius 1 is 1.23 bits per heavy atom. The smallest absolute Gasteiger partial charge is 0.145 e. The predicted octanol–water partition coefficient (Wildman–Crippen LogP) is 3.88. The van der Waals surface area contributed by atoms with Gasteiger partial charge in [0.15, 0.2) is 0 Å². The molecule has 0 spiro atoms. The Morgan fingerprint density at radius 3 is 2.73 bits per heavy atom. The Bertz CT molecular complexity index is 765. The van der Waals surface area contributed by atoms with Crippen molar-refractivity contribution in [2.45, 2.75) is 38.1 Å². The van der Waals surface area contributed by atoms with Gasteiger partial charge in [-0.25, -0.2) is 4.98 Å². The van der Waals surface area contributed by atoms with Gasteiger partial charge >= 0.3 is 0 Å². The van der Waals surface area contributed by atoms with Crippen LogP contribution in [0.4, 0.5) is 5.69 Å². The van der Waals surface area contributed by atoms with Crippen LogP contribution in [0.15, 0.2) is 36.3 Å². The van der Waals surface area contributed by atoms with Gasteiger partial charge in [-0.2, -0.15) is 10.5 Å². The van der Waals surface area contributed by atoms with E-state index in [1.807, 2.05) is 36.7 Å². The first kappa shape index (κ1) is 14.2. The lowest BCUT2D eigenvalue weighted by Gasteiger charge is -2.23. The number of rotatable bonds is 3. The van der Waals surface area contributed by atoms with Crippen LogP contribution in [0.25, 0.3) is 11.0 Å². The SMILES string of the molecule is N#CC(C#N)=CNc1ccc2c(c1)ncn2C1CCCCC1. The summed E-state index contributed by atoms with van der Waals surface area (Å²) in [4.78, 5) is 4.49. The number of allylic oxidation sites excluding steroid dienone is 1. The highest BCUT2D eigenvalue weighted by Crippen LogP contribution is 2.31. The van der Waals surface area contributed by atoms with Crippen LogP contribution in [0.5, 0.6) is 0 Å². The lowest BCUT2D eigenvalue weighted by molar-refractivity contribution is 0.359. The largest absolute Gasteiger partial charge is 0.360 e. The van der Waals surface area contributed by atoms with Gasteiger partial charge in [0.05, 0.1) is 17.4 Å². The van der Waals surface area contributed by atoms with Crippen molar-refractivity contribution in [3.8, 4) is 12.1 Å². The zero-order chi connectivity index (χ0) is 15.4. The van der Waals surface area contributed by atoms with E-state index in [0.29, 0.717) is 6.04 Å². The molecule has 1 aromatic carbocycles. The summed E-state index contributed by atoms with van der Waals surface area (Å²) < 4.78 is 2.28. The number of fused-ring (bicyclic) bond motifs is 1. The van der Waals surface area contributed by atoms with Gasteiger partial charge in [0, 0.05) is 17.9 Å². The molecule has 1 saturated carbocycles. The summed E-state index contributed by atoms with van der Waals surface area (Å²) in [5.74, 6) is 0. The summed E-state index contributed by atoms with van der Waals surface area (Å²) in [6, 6.07) is 10.1. The lowest BCUT2D eigenvalue weighted by Crippen LogP contribution is -2.11. The zero-order valence-electron chi connectivity index (χ0n) is 12.3.